The summed E-state index contributed by atoms with van der Waals surface area (Å²) < 4.78 is 2.14. The molecule has 1 unspecified atom stereocenters. The van der Waals surface area contributed by atoms with Crippen molar-refractivity contribution in [3.05, 3.63) is 11.4 Å². The van der Waals surface area contributed by atoms with Crippen LogP contribution in [0.2, 0.25) is 0 Å². The second kappa shape index (κ2) is 2.99. The van der Waals surface area contributed by atoms with Gasteiger partial charge in [0.1, 0.15) is 5.69 Å². The van der Waals surface area contributed by atoms with Gasteiger partial charge in [-0.05, 0) is 5.21 Å². The molecule has 12 heavy (non-hydrogen) atoms. The summed E-state index contributed by atoms with van der Waals surface area (Å²) in [6.45, 7) is 1.88. The molecule has 1 atom stereocenters. The second-order valence-corrected chi connectivity index (χ2v) is 3.64. The van der Waals surface area contributed by atoms with E-state index < -0.39 is 0 Å². The topological polar surface area (TPSA) is 54.2 Å². The van der Waals surface area contributed by atoms with Crippen LogP contribution in [0.25, 0.3) is 0 Å². The maximum Gasteiger partial charge on any atom is 0.105 e. The van der Waals surface area contributed by atoms with Crippen LogP contribution in [0.1, 0.15) is 11.4 Å². The van der Waals surface area contributed by atoms with Crippen molar-refractivity contribution < 1.29 is 5.21 Å². The highest BCUT2D eigenvalue weighted by Crippen LogP contribution is 2.13. The van der Waals surface area contributed by atoms with Crippen LogP contribution in [0.5, 0.6) is 0 Å². The molecule has 6 heteroatoms. The fourth-order valence-corrected chi connectivity index (χ4v) is 1.63. The van der Waals surface area contributed by atoms with E-state index in [9.17, 15) is 5.21 Å². The van der Waals surface area contributed by atoms with Gasteiger partial charge in [0, 0.05) is 25.9 Å². The van der Waals surface area contributed by atoms with Gasteiger partial charge in [0.2, 0.25) is 0 Å². The minimum absolute atomic E-state index is 0.808. The number of nitrogens with zero attached hydrogens (tertiary/aromatic N) is 4. The first-order valence-electron chi connectivity index (χ1n) is 3.89. The van der Waals surface area contributed by atoms with Crippen molar-refractivity contribution in [3.8, 4) is 0 Å². The summed E-state index contributed by atoms with van der Waals surface area (Å²) in [4.78, 5) is 0.888. The summed E-state index contributed by atoms with van der Waals surface area (Å²) in [5, 5.41) is 16.7. The maximum absolute atomic E-state index is 9.23. The minimum Gasteiger partial charge on any atom is -0.410 e. The molecule has 1 aromatic heterocycles. The molecule has 0 bridgehead atoms. The van der Waals surface area contributed by atoms with Gasteiger partial charge in [-0.3, -0.25) is 4.67 Å². The molecule has 0 aromatic carbocycles. The van der Waals surface area contributed by atoms with Crippen LogP contribution in [0.15, 0.2) is 0 Å². The van der Waals surface area contributed by atoms with E-state index in [0.29, 0.717) is 0 Å². The van der Waals surface area contributed by atoms with Crippen molar-refractivity contribution in [2.24, 2.45) is 0 Å². The molecule has 0 amide bonds. The predicted octanol–water partition coefficient (Wildman–Crippen LogP) is -0.294. The molecule has 1 aromatic rings. The molecule has 0 radical (unpaired) electrons. The third-order valence-electron chi connectivity index (χ3n) is 2.10. The van der Waals surface area contributed by atoms with Crippen LogP contribution in [0, 0.1) is 0 Å². The molecule has 1 aliphatic rings. The highest BCUT2D eigenvalue weighted by Gasteiger charge is 2.17. The largest absolute Gasteiger partial charge is 0.410 e. The number of fused-ring (bicyclic) bond motifs is 1. The molecular formula is C6H11N4OP. The Labute approximate surface area is 72.6 Å². The van der Waals surface area contributed by atoms with Crippen molar-refractivity contribution in [1.82, 2.24) is 19.8 Å². The average molecular weight is 186 g/mol. The summed E-state index contributed by atoms with van der Waals surface area (Å²) in [7, 11) is 2.66. The molecule has 1 N–H and O–H groups in total. The van der Waals surface area contributed by atoms with Crippen LogP contribution in [0.3, 0.4) is 0 Å². The normalized spacial score (nSPS) is 18.8. The third-order valence-corrected chi connectivity index (χ3v) is 2.61. The van der Waals surface area contributed by atoms with E-state index >= 15 is 0 Å². The zero-order valence-electron chi connectivity index (χ0n) is 6.64. The highest BCUT2D eigenvalue weighted by molar-refractivity contribution is 7.13. The molecule has 1 aliphatic heterocycles. The fourth-order valence-electron chi connectivity index (χ4n) is 1.37. The number of rotatable bonds is 0. The zero-order valence-corrected chi connectivity index (χ0v) is 7.80. The van der Waals surface area contributed by atoms with Gasteiger partial charge in [-0.1, -0.05) is 14.2 Å². The summed E-state index contributed by atoms with van der Waals surface area (Å²) in [5.41, 5.74) is 1.77. The zero-order chi connectivity index (χ0) is 8.55. The Bertz CT molecular complexity index is 287. The van der Waals surface area contributed by atoms with Crippen molar-refractivity contribution in [2.75, 3.05) is 13.1 Å². The van der Waals surface area contributed by atoms with E-state index in [1.54, 1.807) is 0 Å². The van der Waals surface area contributed by atoms with Gasteiger partial charge in [0.15, 0.2) is 0 Å². The van der Waals surface area contributed by atoms with Gasteiger partial charge in [-0.15, -0.1) is 5.10 Å². The van der Waals surface area contributed by atoms with Crippen molar-refractivity contribution in [3.63, 3.8) is 0 Å². The summed E-state index contributed by atoms with van der Waals surface area (Å²) in [6, 6.07) is 0. The van der Waals surface area contributed by atoms with E-state index in [4.69, 9.17) is 0 Å². The molecule has 2 rings (SSSR count). The van der Waals surface area contributed by atoms with Gasteiger partial charge in [-0.25, -0.2) is 0 Å². The van der Waals surface area contributed by atoms with Gasteiger partial charge < -0.3 is 5.21 Å². The van der Waals surface area contributed by atoms with Crippen molar-refractivity contribution in [1.29, 1.82) is 0 Å². The SMILES string of the molecule is On1nnc2c1CCN(P)CC2. The monoisotopic (exact) mass is 186 g/mol. The Morgan fingerprint density at radius 1 is 1.33 bits per heavy atom. The lowest BCUT2D eigenvalue weighted by Gasteiger charge is -2.10. The first-order valence-corrected chi connectivity index (χ1v) is 4.41. The number of hydrogen-bond donors (Lipinski definition) is 1. The Hall–Kier alpha value is -0.670. The molecule has 0 spiro atoms. The maximum atomic E-state index is 9.23. The number of aromatic nitrogens is 3. The van der Waals surface area contributed by atoms with Crippen LogP contribution >= 0.6 is 9.39 Å². The summed E-state index contributed by atoms with van der Waals surface area (Å²) in [5.74, 6) is 0. The standard InChI is InChI=1S/C6H11N4OP/c11-10-6-2-4-9(12)3-1-5(6)7-8-10/h11H,1-4,12H2. The van der Waals surface area contributed by atoms with E-state index in [2.05, 4.69) is 24.4 Å². The molecule has 0 saturated carbocycles. The third kappa shape index (κ3) is 1.30. The first-order chi connectivity index (χ1) is 5.77. The van der Waals surface area contributed by atoms with Crippen LogP contribution in [-0.2, 0) is 12.8 Å². The smallest absolute Gasteiger partial charge is 0.105 e. The van der Waals surface area contributed by atoms with Crippen LogP contribution in [0.4, 0.5) is 0 Å². The molecule has 0 fully saturated rings. The number of hydrogen-bond acceptors (Lipinski definition) is 4. The molecule has 0 aliphatic carbocycles. The molecule has 2 heterocycles. The van der Waals surface area contributed by atoms with Gasteiger partial charge in [0.05, 0.1) is 5.69 Å². The lowest BCUT2D eigenvalue weighted by Crippen LogP contribution is -2.15. The fraction of sp³-hybridized carbons (Fsp3) is 0.667. The Kier molecular flexibility index (Phi) is 1.98. The van der Waals surface area contributed by atoms with Gasteiger partial charge >= 0.3 is 0 Å². The molecule has 66 valence electrons. The minimum atomic E-state index is 0.808. The van der Waals surface area contributed by atoms with Crippen molar-refractivity contribution >= 4 is 9.39 Å². The molecule has 0 saturated heterocycles. The predicted molar refractivity (Wildman–Crippen MR) is 45.9 cm³/mol. The molecule has 5 nitrogen and oxygen atoms in total. The second-order valence-electron chi connectivity index (χ2n) is 2.91. The summed E-state index contributed by atoms with van der Waals surface area (Å²) >= 11 is 0. The van der Waals surface area contributed by atoms with E-state index in [1.807, 2.05) is 0 Å². The lowest BCUT2D eigenvalue weighted by molar-refractivity contribution is 0.134. The molecular weight excluding hydrogens is 175 g/mol. The Morgan fingerprint density at radius 2 is 2.08 bits per heavy atom. The Morgan fingerprint density at radius 3 is 2.92 bits per heavy atom. The van der Waals surface area contributed by atoms with Gasteiger partial charge in [-0.2, -0.15) is 0 Å². The van der Waals surface area contributed by atoms with Crippen LogP contribution < -0.4 is 0 Å². The highest BCUT2D eigenvalue weighted by atomic mass is 31.0. The van der Waals surface area contributed by atoms with Crippen molar-refractivity contribution in [2.45, 2.75) is 12.8 Å². The quantitative estimate of drug-likeness (QED) is 0.446. The lowest BCUT2D eigenvalue weighted by atomic mass is 10.2. The van der Waals surface area contributed by atoms with Gasteiger partial charge in [0.25, 0.3) is 0 Å². The summed E-state index contributed by atoms with van der Waals surface area (Å²) in [6.07, 6.45) is 1.67. The average Bonchev–Trinajstić information content (AvgIpc) is 2.28. The van der Waals surface area contributed by atoms with Crippen LogP contribution in [-0.4, -0.2) is 38.1 Å². The first kappa shape index (κ1) is 7.95. The van der Waals surface area contributed by atoms with E-state index in [-0.39, 0.29) is 0 Å². The van der Waals surface area contributed by atoms with E-state index in [1.165, 1.54) is 0 Å². The van der Waals surface area contributed by atoms with E-state index in [0.717, 1.165) is 42.2 Å². The Balaban J connectivity index is 2.28.